The van der Waals surface area contributed by atoms with E-state index >= 15 is 0 Å². The van der Waals surface area contributed by atoms with E-state index < -0.39 is 36.4 Å². The molecule has 0 radical (unpaired) electrons. The Morgan fingerprint density at radius 3 is 2.30 bits per heavy atom. The maximum Gasteiger partial charge on any atom is 0.463 e. The second-order valence-electron chi connectivity index (χ2n) is 3.71. The summed E-state index contributed by atoms with van der Waals surface area (Å²) in [4.78, 5) is 21.8. The molecule has 1 aromatic heterocycles. The summed E-state index contributed by atoms with van der Waals surface area (Å²) in [6, 6.07) is 1.32. The van der Waals surface area contributed by atoms with Crippen molar-refractivity contribution < 1.29 is 36.6 Å². The molecular formula is C10H8F5NO3S. The predicted octanol–water partition coefficient (Wildman–Crippen LogP) is 2.58. The molecule has 1 amide bonds. The molecule has 1 atom stereocenters. The maximum atomic E-state index is 12.8. The Bertz CT molecular complexity index is 486. The van der Waals surface area contributed by atoms with Crippen LogP contribution in [0.5, 0.6) is 0 Å². The first-order valence-electron chi connectivity index (χ1n) is 5.06. The van der Waals surface area contributed by atoms with Crippen molar-refractivity contribution in [2.45, 2.75) is 24.6 Å². The maximum absolute atomic E-state index is 12.8. The van der Waals surface area contributed by atoms with Gasteiger partial charge in [-0.25, -0.2) is 0 Å². The van der Waals surface area contributed by atoms with Gasteiger partial charge >= 0.3 is 24.0 Å². The lowest BCUT2D eigenvalue weighted by molar-refractivity contribution is -0.270. The molecule has 0 bridgehead atoms. The highest BCUT2D eigenvalue weighted by Gasteiger charge is 2.63. The number of aliphatic carboxylic acids is 1. The van der Waals surface area contributed by atoms with Gasteiger partial charge in [0.15, 0.2) is 0 Å². The van der Waals surface area contributed by atoms with Crippen molar-refractivity contribution >= 4 is 23.2 Å². The number of hydrogen-bond acceptors (Lipinski definition) is 3. The number of rotatable bonds is 5. The van der Waals surface area contributed by atoms with E-state index in [-0.39, 0.29) is 4.88 Å². The average Bonchev–Trinajstić information content (AvgIpc) is 2.78. The fraction of sp³-hybridized carbons (Fsp3) is 0.400. The van der Waals surface area contributed by atoms with Gasteiger partial charge in [-0.2, -0.15) is 22.0 Å². The van der Waals surface area contributed by atoms with Crippen molar-refractivity contribution in [2.75, 3.05) is 0 Å². The summed E-state index contributed by atoms with van der Waals surface area (Å²) in [5.41, 5.74) is 0. The molecule has 1 heterocycles. The second kappa shape index (κ2) is 5.73. The van der Waals surface area contributed by atoms with Gasteiger partial charge in [-0.15, -0.1) is 11.3 Å². The van der Waals surface area contributed by atoms with Gasteiger partial charge in [0.1, 0.15) is 0 Å². The van der Waals surface area contributed by atoms with Crippen LogP contribution in [0.15, 0.2) is 17.5 Å². The minimum absolute atomic E-state index is 0.165. The minimum atomic E-state index is -6.04. The van der Waals surface area contributed by atoms with E-state index in [4.69, 9.17) is 5.11 Å². The Kier molecular flexibility index (Phi) is 4.69. The largest absolute Gasteiger partial charge is 0.481 e. The highest BCUT2D eigenvalue weighted by atomic mass is 32.1. The Morgan fingerprint density at radius 1 is 1.30 bits per heavy atom. The highest BCUT2D eigenvalue weighted by molar-refractivity contribution is 7.10. The van der Waals surface area contributed by atoms with E-state index in [2.05, 4.69) is 0 Å². The third-order valence-corrected chi connectivity index (χ3v) is 3.20. The molecule has 2 N–H and O–H groups in total. The number of carbonyl (C=O) groups is 2. The molecule has 0 saturated carbocycles. The van der Waals surface area contributed by atoms with E-state index in [0.717, 1.165) is 11.3 Å². The molecule has 10 heteroatoms. The van der Waals surface area contributed by atoms with Gasteiger partial charge in [-0.3, -0.25) is 9.59 Å². The van der Waals surface area contributed by atoms with Crippen LogP contribution in [-0.4, -0.2) is 29.1 Å². The van der Waals surface area contributed by atoms with Gasteiger partial charge in [0.2, 0.25) is 0 Å². The second-order valence-corrected chi connectivity index (χ2v) is 4.69. The molecule has 112 valence electrons. The van der Waals surface area contributed by atoms with Crippen LogP contribution in [0, 0.1) is 0 Å². The number of carbonyl (C=O) groups excluding carboxylic acids is 1. The Hall–Kier alpha value is -1.71. The van der Waals surface area contributed by atoms with Crippen LogP contribution in [0.2, 0.25) is 0 Å². The van der Waals surface area contributed by atoms with Crippen molar-refractivity contribution in [1.82, 2.24) is 5.32 Å². The lowest BCUT2D eigenvalue weighted by Crippen LogP contribution is -2.51. The number of hydrogen-bond donors (Lipinski definition) is 2. The van der Waals surface area contributed by atoms with Crippen molar-refractivity contribution in [3.63, 3.8) is 0 Å². The summed E-state index contributed by atoms with van der Waals surface area (Å²) in [5.74, 6) is -9.61. The first-order chi connectivity index (χ1) is 9.05. The molecule has 0 fully saturated rings. The van der Waals surface area contributed by atoms with Gasteiger partial charge in [-0.05, 0) is 11.4 Å². The van der Waals surface area contributed by atoms with Crippen LogP contribution >= 0.6 is 11.3 Å². The molecule has 0 aliphatic rings. The number of carboxylic acids is 1. The molecule has 1 rings (SSSR count). The lowest BCUT2D eigenvalue weighted by Gasteiger charge is -2.22. The molecular weight excluding hydrogens is 309 g/mol. The first kappa shape index (κ1) is 16.3. The topological polar surface area (TPSA) is 66.4 Å². The van der Waals surface area contributed by atoms with Gasteiger partial charge < -0.3 is 10.4 Å². The van der Waals surface area contributed by atoms with E-state index in [1.165, 1.54) is 22.8 Å². The monoisotopic (exact) mass is 317 g/mol. The van der Waals surface area contributed by atoms with Crippen molar-refractivity contribution in [3.05, 3.63) is 22.4 Å². The van der Waals surface area contributed by atoms with E-state index in [0.29, 0.717) is 0 Å². The van der Waals surface area contributed by atoms with Crippen LogP contribution in [0.4, 0.5) is 22.0 Å². The third kappa shape index (κ3) is 3.65. The van der Waals surface area contributed by atoms with E-state index in [1.807, 2.05) is 0 Å². The Morgan fingerprint density at radius 2 is 1.90 bits per heavy atom. The highest BCUT2D eigenvalue weighted by Crippen LogP contribution is 2.36. The number of amides is 1. The number of nitrogens with one attached hydrogen (secondary N) is 1. The van der Waals surface area contributed by atoms with Gasteiger partial charge in [0.25, 0.3) is 0 Å². The molecule has 4 nitrogen and oxygen atoms in total. The SMILES string of the molecule is O=C(O)CC(NC(=O)C(F)(F)C(F)(F)F)c1cccs1. The lowest BCUT2D eigenvalue weighted by atomic mass is 10.1. The summed E-state index contributed by atoms with van der Waals surface area (Å²) in [5, 5.41) is 11.5. The Balaban J connectivity index is 2.91. The molecule has 0 aliphatic carbocycles. The molecule has 0 aliphatic heterocycles. The first-order valence-corrected chi connectivity index (χ1v) is 5.94. The number of halogens is 5. The van der Waals surface area contributed by atoms with E-state index in [1.54, 1.807) is 0 Å². The summed E-state index contributed by atoms with van der Waals surface area (Å²) >= 11 is 0.929. The van der Waals surface area contributed by atoms with Crippen LogP contribution in [0.3, 0.4) is 0 Å². The summed E-state index contributed by atoms with van der Waals surface area (Å²) in [6.45, 7) is 0. The summed E-state index contributed by atoms with van der Waals surface area (Å²) in [7, 11) is 0. The van der Waals surface area contributed by atoms with Crippen LogP contribution < -0.4 is 5.32 Å². The molecule has 1 unspecified atom stereocenters. The fourth-order valence-electron chi connectivity index (χ4n) is 1.26. The molecule has 1 aromatic rings. The average molecular weight is 317 g/mol. The molecule has 0 aromatic carbocycles. The van der Waals surface area contributed by atoms with Gasteiger partial charge in [0, 0.05) is 4.88 Å². The normalized spacial score (nSPS) is 13.8. The smallest absolute Gasteiger partial charge is 0.463 e. The molecule has 0 spiro atoms. The third-order valence-electron chi connectivity index (χ3n) is 2.21. The van der Waals surface area contributed by atoms with Gasteiger partial charge in [0.05, 0.1) is 12.5 Å². The summed E-state index contributed by atoms with van der Waals surface area (Å²) in [6.07, 6.45) is -6.85. The fourth-order valence-corrected chi connectivity index (χ4v) is 2.04. The zero-order valence-corrected chi connectivity index (χ0v) is 10.4. The van der Waals surface area contributed by atoms with E-state index in [9.17, 15) is 31.5 Å². The van der Waals surface area contributed by atoms with Gasteiger partial charge in [-0.1, -0.05) is 6.07 Å². The molecule has 0 saturated heterocycles. The number of thiophene rings is 1. The predicted molar refractivity (Wildman–Crippen MR) is 58.5 cm³/mol. The molecule has 20 heavy (non-hydrogen) atoms. The summed E-state index contributed by atoms with van der Waals surface area (Å²) < 4.78 is 61.6. The number of alkyl halides is 5. The zero-order chi connectivity index (χ0) is 15.6. The van der Waals surface area contributed by atoms with Crippen LogP contribution in [-0.2, 0) is 9.59 Å². The Labute approximate surface area is 113 Å². The minimum Gasteiger partial charge on any atom is -0.481 e. The van der Waals surface area contributed by atoms with Crippen molar-refractivity contribution in [3.8, 4) is 0 Å². The van der Waals surface area contributed by atoms with Crippen LogP contribution in [0.1, 0.15) is 17.3 Å². The standard InChI is InChI=1S/C10H8F5NO3S/c11-9(12,10(13,14)15)8(19)16-5(4-7(17)18)6-2-1-3-20-6/h1-3,5H,4H2,(H,16,19)(H,17,18). The van der Waals surface area contributed by atoms with Crippen molar-refractivity contribution in [1.29, 1.82) is 0 Å². The van der Waals surface area contributed by atoms with Crippen molar-refractivity contribution in [2.24, 2.45) is 0 Å². The number of carboxylic acid groups (broad SMARTS) is 1. The quantitative estimate of drug-likeness (QED) is 0.820. The zero-order valence-electron chi connectivity index (χ0n) is 9.58. The van der Waals surface area contributed by atoms with Crippen LogP contribution in [0.25, 0.3) is 0 Å².